The number of amides is 4. The van der Waals surface area contributed by atoms with Crippen LogP contribution in [0.25, 0.3) is 22.9 Å². The molecular formula is C89H63Cl9F2N12O6. The standard InChI is InChI=1S/C25H23Cl2N3O.C22H14Cl3N3O2.C22H15Cl2N3O2.C20H11Cl2F2N3O/c1-16(2)3-4-18-13-19(5-6-20(18)14-28)25(31)30-24(17-7-9-21(26)10-8-17)23-12-11-22(27)15-29-23;23-16-8-6-13(7-9-16)19(26-20(29)15-10-17(24)12-18(25)11-15)22-28-27-21(30-22)14-4-2-1-3-5-14;23-17-11-9-14(10-12-17)19(25-20(28)16-7-4-8-18(24)13-16)22-27-26-21(29-22)15-5-2-1-3-6-15;21-14-4-6-18(26-10-14)19(11-3-5-15(22)17(24)7-11)27-20(28)12-1-2-13(9-25)16(23)8-12/h5-13,15-16,24H,3-4H2,1-2H3,(H,30,31);1-12,19H,(H,26,29);1-13,19H,(H,25,28);1-8,10,19H,(H,27,28)/t24-;;;19-/m0..0/s1. The number of nitrogens with one attached hydrogen (secondary N) is 4. The molecule has 29 heteroatoms. The highest BCUT2D eigenvalue weighted by Gasteiger charge is 2.28. The van der Waals surface area contributed by atoms with Gasteiger partial charge in [0, 0.05) is 75.9 Å². The number of carbonyl (C=O) groups excluding carboxylic acids is 4. The monoisotopic (exact) mass is 1750 g/mol. The quantitative estimate of drug-likeness (QED) is 0.0521. The average molecular weight is 1750 g/mol. The maximum Gasteiger partial charge on any atom is 0.252 e. The molecule has 4 atom stereocenters. The number of hydrogen-bond donors (Lipinski definition) is 4. The minimum absolute atomic E-state index is 0.00454. The second-order valence-electron chi connectivity index (χ2n) is 26.3. The van der Waals surface area contributed by atoms with Crippen LogP contribution in [-0.4, -0.2) is 54.0 Å². The van der Waals surface area contributed by atoms with Gasteiger partial charge in [-0.3, -0.25) is 29.1 Å². The summed E-state index contributed by atoms with van der Waals surface area (Å²) >= 11 is 53.7. The Kier molecular flexibility index (Phi) is 30.8. The lowest BCUT2D eigenvalue weighted by Crippen LogP contribution is -2.30. The minimum Gasteiger partial charge on any atom is -0.418 e. The van der Waals surface area contributed by atoms with Crippen molar-refractivity contribution in [3.8, 4) is 35.0 Å². The van der Waals surface area contributed by atoms with Crippen molar-refractivity contribution in [2.24, 2.45) is 5.92 Å². The molecule has 18 nitrogen and oxygen atoms in total. The fourth-order valence-electron chi connectivity index (χ4n) is 11.5. The zero-order valence-electron chi connectivity index (χ0n) is 61.9. The van der Waals surface area contributed by atoms with Crippen molar-refractivity contribution < 1.29 is 36.8 Å². The molecule has 0 spiro atoms. The van der Waals surface area contributed by atoms with E-state index in [1.807, 2.05) is 78.9 Å². The van der Waals surface area contributed by atoms with Crippen LogP contribution in [0.2, 0.25) is 45.2 Å². The number of halogens is 11. The molecule has 4 amide bonds. The zero-order valence-corrected chi connectivity index (χ0v) is 68.7. The summed E-state index contributed by atoms with van der Waals surface area (Å²) in [6.45, 7) is 4.27. The Morgan fingerprint density at radius 3 is 1.21 bits per heavy atom. The first kappa shape index (κ1) is 87.0. The molecule has 0 saturated carbocycles. The van der Waals surface area contributed by atoms with Gasteiger partial charge in [-0.15, -0.1) is 20.4 Å². The van der Waals surface area contributed by atoms with Gasteiger partial charge in [0.05, 0.1) is 55.7 Å². The number of carbonyl (C=O) groups is 4. The van der Waals surface area contributed by atoms with Crippen LogP contribution >= 0.6 is 104 Å². The highest BCUT2D eigenvalue weighted by Crippen LogP contribution is 2.33. The van der Waals surface area contributed by atoms with Gasteiger partial charge in [0.2, 0.25) is 23.6 Å². The molecule has 10 aromatic carbocycles. The second kappa shape index (κ2) is 41.8. The Labute approximate surface area is 721 Å². The first-order valence-electron chi connectivity index (χ1n) is 35.7. The summed E-state index contributed by atoms with van der Waals surface area (Å²) in [6.07, 6.45) is 4.64. The van der Waals surface area contributed by atoms with Crippen LogP contribution < -0.4 is 21.3 Å². The molecule has 4 heterocycles. The molecule has 0 saturated heterocycles. The summed E-state index contributed by atoms with van der Waals surface area (Å²) in [5.74, 6) is -1.31. The molecule has 0 fully saturated rings. The van der Waals surface area contributed by atoms with Crippen molar-refractivity contribution in [1.82, 2.24) is 51.6 Å². The molecular weight excluding hydrogens is 1690 g/mol. The normalized spacial score (nSPS) is 11.7. The van der Waals surface area contributed by atoms with Crippen molar-refractivity contribution in [2.45, 2.75) is 50.9 Å². The third-order valence-electron chi connectivity index (χ3n) is 17.5. The van der Waals surface area contributed by atoms with Gasteiger partial charge in [0.1, 0.15) is 29.8 Å². The molecule has 14 aromatic rings. The molecule has 4 N–H and O–H groups in total. The number of hydrogen-bond acceptors (Lipinski definition) is 14. The third kappa shape index (κ3) is 24.1. The van der Waals surface area contributed by atoms with E-state index in [0.29, 0.717) is 97.1 Å². The van der Waals surface area contributed by atoms with Gasteiger partial charge >= 0.3 is 0 Å². The van der Waals surface area contributed by atoms with Crippen molar-refractivity contribution in [2.75, 3.05) is 0 Å². The largest absolute Gasteiger partial charge is 0.418 e. The summed E-state index contributed by atoms with van der Waals surface area (Å²) in [6, 6.07) is 72.2. The van der Waals surface area contributed by atoms with E-state index in [-0.39, 0.29) is 45.7 Å². The smallest absolute Gasteiger partial charge is 0.252 e. The summed E-state index contributed by atoms with van der Waals surface area (Å²) in [4.78, 5) is 60.1. The van der Waals surface area contributed by atoms with Gasteiger partial charge in [0.25, 0.3) is 23.6 Å². The van der Waals surface area contributed by atoms with E-state index in [9.17, 15) is 33.2 Å². The lowest BCUT2D eigenvalue weighted by atomic mass is 9.96. The second-order valence-corrected chi connectivity index (χ2v) is 30.2. The van der Waals surface area contributed by atoms with Crippen LogP contribution in [0.5, 0.6) is 0 Å². The van der Waals surface area contributed by atoms with E-state index in [4.69, 9.17) is 119 Å². The Bertz CT molecular complexity index is 5860. The highest BCUT2D eigenvalue weighted by atomic mass is 35.5. The van der Waals surface area contributed by atoms with Gasteiger partial charge in [-0.05, 0) is 216 Å². The summed E-state index contributed by atoms with van der Waals surface area (Å²) < 4.78 is 39.6. The molecule has 2 unspecified atom stereocenters. The van der Waals surface area contributed by atoms with Crippen LogP contribution in [-0.2, 0) is 6.42 Å². The number of rotatable bonds is 21. The van der Waals surface area contributed by atoms with Gasteiger partial charge in [0.15, 0.2) is 0 Å². The van der Waals surface area contributed by atoms with Crippen molar-refractivity contribution in [1.29, 1.82) is 10.5 Å². The highest BCUT2D eigenvalue weighted by molar-refractivity contribution is 6.35. The van der Waals surface area contributed by atoms with Crippen molar-refractivity contribution >= 4 is 128 Å². The number of pyridine rings is 2. The van der Waals surface area contributed by atoms with Crippen LogP contribution in [0.3, 0.4) is 0 Å². The lowest BCUT2D eigenvalue weighted by Gasteiger charge is -2.19. The number of aromatic nitrogens is 6. The molecule has 0 aliphatic rings. The first-order chi connectivity index (χ1) is 56.8. The first-order valence-corrected chi connectivity index (χ1v) is 39.2. The van der Waals surface area contributed by atoms with Crippen molar-refractivity contribution in [3.63, 3.8) is 0 Å². The molecule has 14 rings (SSSR count). The van der Waals surface area contributed by atoms with Crippen LogP contribution in [0.15, 0.2) is 276 Å². The molecule has 118 heavy (non-hydrogen) atoms. The average Bonchev–Trinajstić information content (AvgIpc) is 1.45. The Hall–Kier alpha value is -11.9. The van der Waals surface area contributed by atoms with E-state index < -0.39 is 41.7 Å². The van der Waals surface area contributed by atoms with Gasteiger partial charge < -0.3 is 30.1 Å². The lowest BCUT2D eigenvalue weighted by molar-refractivity contribution is 0.0930. The summed E-state index contributed by atoms with van der Waals surface area (Å²) in [7, 11) is 0. The zero-order chi connectivity index (χ0) is 83.9. The molecule has 0 aliphatic heterocycles. The van der Waals surface area contributed by atoms with E-state index >= 15 is 0 Å². The van der Waals surface area contributed by atoms with Gasteiger partial charge in [-0.1, -0.05) is 203 Å². The topological polar surface area (TPSA) is 268 Å². The van der Waals surface area contributed by atoms with Crippen LogP contribution in [0.4, 0.5) is 8.78 Å². The van der Waals surface area contributed by atoms with Crippen molar-refractivity contribution in [3.05, 3.63) is 408 Å². The fraction of sp³-hybridized carbons (Fsp3) is 0.101. The molecule has 0 bridgehead atoms. The molecule has 0 radical (unpaired) electrons. The maximum absolute atomic E-state index is 13.9. The van der Waals surface area contributed by atoms with E-state index in [1.54, 1.807) is 146 Å². The third-order valence-corrected chi connectivity index (χ3v) is 19.7. The van der Waals surface area contributed by atoms with E-state index in [2.05, 4.69) is 71.5 Å². The molecule has 0 aliphatic carbocycles. The predicted octanol–water partition coefficient (Wildman–Crippen LogP) is 23.2. The van der Waals surface area contributed by atoms with Gasteiger partial charge in [-0.25, -0.2) is 8.78 Å². The summed E-state index contributed by atoms with van der Waals surface area (Å²) in [5, 5.41) is 50.2. The number of benzene rings is 10. The minimum atomic E-state index is -0.838. The van der Waals surface area contributed by atoms with E-state index in [1.165, 1.54) is 42.6 Å². The van der Waals surface area contributed by atoms with Gasteiger partial charge in [-0.2, -0.15) is 10.5 Å². The molecule has 592 valence electrons. The van der Waals surface area contributed by atoms with Crippen LogP contribution in [0.1, 0.15) is 148 Å². The predicted molar refractivity (Wildman–Crippen MR) is 454 cm³/mol. The number of aryl methyl sites for hydroxylation is 1. The van der Waals surface area contributed by atoms with E-state index in [0.717, 1.165) is 52.3 Å². The number of nitriles is 2. The van der Waals surface area contributed by atoms with Crippen LogP contribution in [0, 0.1) is 40.2 Å². The Balaban J connectivity index is 0.000000154. The number of nitrogens with zero attached hydrogens (tertiary/aromatic N) is 8. The Morgan fingerprint density at radius 1 is 0.373 bits per heavy atom. The molecule has 4 aromatic heterocycles. The Morgan fingerprint density at radius 2 is 0.780 bits per heavy atom. The maximum atomic E-state index is 13.9. The fourth-order valence-corrected chi connectivity index (χ4v) is 13.0. The summed E-state index contributed by atoms with van der Waals surface area (Å²) in [5.41, 5.74) is 7.92. The SMILES string of the molecule is CC(C)CCc1cc(C(=O)N[C@@H](c2ccc(Cl)cc2)c2ccc(Cl)cn2)ccc1C#N.N#Cc1ccc(C(=O)N[C@@H](c2ccc(Cl)c(F)c2)c2ccc(Cl)cn2)cc1F.O=C(NC(c1ccc(Cl)cc1)c1nnc(-c2ccccc2)o1)c1cc(Cl)cc(Cl)c1.O=C(NC(c1ccc(Cl)cc1)c1nnc(-c2ccccc2)o1)c1cccc(Cl)c1.